The van der Waals surface area contributed by atoms with E-state index in [2.05, 4.69) is 42.3 Å². The number of nitrogens with zero attached hydrogens (tertiary/aromatic N) is 2. The van der Waals surface area contributed by atoms with Gasteiger partial charge in [0.15, 0.2) is 0 Å². The molecule has 0 aliphatic rings. The second kappa shape index (κ2) is 5.67. The highest BCUT2D eigenvalue weighted by molar-refractivity contribution is 7.99. The summed E-state index contributed by atoms with van der Waals surface area (Å²) in [6.45, 7) is 6.47. The lowest BCUT2D eigenvalue weighted by Gasteiger charge is -2.11. The average molecular weight is 276 g/mol. The van der Waals surface area contributed by atoms with E-state index in [4.69, 9.17) is 0 Å². The molecule has 0 aliphatic heterocycles. The molecule has 2 aromatic heterocycles. The molecule has 0 bridgehead atoms. The summed E-state index contributed by atoms with van der Waals surface area (Å²) in [5.41, 5.74) is 1.02. The third-order valence-electron chi connectivity index (χ3n) is 2.05. The van der Waals surface area contributed by atoms with E-state index < -0.39 is 0 Å². The number of thiophene rings is 1. The van der Waals surface area contributed by atoms with Crippen LogP contribution in [0.3, 0.4) is 0 Å². The maximum atomic E-state index is 4.40. The van der Waals surface area contributed by atoms with Gasteiger partial charge in [-0.1, -0.05) is 6.07 Å². The van der Waals surface area contributed by atoms with E-state index in [1.807, 2.05) is 30.6 Å². The molecule has 0 spiro atoms. The molecule has 0 atom stereocenters. The maximum Gasteiger partial charge on any atom is 0.0801 e. The minimum Gasteiger partial charge on any atom is -0.255 e. The van der Waals surface area contributed by atoms with Crippen molar-refractivity contribution in [2.45, 2.75) is 25.5 Å². The second-order valence-electron chi connectivity index (χ2n) is 4.86. The fraction of sp³-hybridized carbons (Fsp3) is 0.286. The molecular weight excluding hydrogens is 260 g/mol. The number of rotatable bonds is 3. The van der Waals surface area contributed by atoms with Crippen molar-refractivity contribution in [2.75, 3.05) is 0 Å². The van der Waals surface area contributed by atoms with Gasteiger partial charge in [-0.2, -0.15) is 0 Å². The van der Waals surface area contributed by atoms with E-state index in [1.165, 1.54) is 4.88 Å². The van der Waals surface area contributed by atoms with Gasteiger partial charge >= 0.3 is 0 Å². The highest BCUT2D eigenvalue weighted by Gasteiger charge is 2.09. The Balaban J connectivity index is 2.07. The molecule has 0 fully saturated rings. The van der Waals surface area contributed by atoms with Crippen molar-refractivity contribution in [1.29, 1.82) is 0 Å². The normalized spacial score (nSPS) is 12.2. The van der Waals surface area contributed by atoms with Gasteiger partial charge < -0.3 is 0 Å². The molecule has 94 valence electrons. The van der Waals surface area contributed by atoms with Crippen molar-refractivity contribution in [2.24, 2.45) is 4.40 Å². The minimum absolute atomic E-state index is 0.164. The summed E-state index contributed by atoms with van der Waals surface area (Å²) in [5.74, 6) is 0. The number of hydrogen-bond acceptors (Lipinski definition) is 4. The molecular formula is C14H16N2S2. The van der Waals surface area contributed by atoms with Crippen molar-refractivity contribution in [1.82, 2.24) is 4.98 Å². The Kier molecular flexibility index (Phi) is 4.19. The SMILES string of the molecule is CC(C)(C)S/N=C/c1ccc(-c2ccccn2)s1. The smallest absolute Gasteiger partial charge is 0.0801 e. The molecule has 2 rings (SSSR count). The summed E-state index contributed by atoms with van der Waals surface area (Å²) in [7, 11) is 0. The predicted molar refractivity (Wildman–Crippen MR) is 82.5 cm³/mol. The van der Waals surface area contributed by atoms with Crippen LogP contribution in [0, 0.1) is 0 Å². The highest BCUT2D eigenvalue weighted by Crippen LogP contribution is 2.27. The largest absolute Gasteiger partial charge is 0.255 e. The Bertz CT molecular complexity index is 524. The molecule has 18 heavy (non-hydrogen) atoms. The van der Waals surface area contributed by atoms with Crippen LogP contribution in [0.5, 0.6) is 0 Å². The zero-order valence-corrected chi connectivity index (χ0v) is 12.4. The average Bonchev–Trinajstić information content (AvgIpc) is 2.77. The van der Waals surface area contributed by atoms with Gasteiger partial charge in [0, 0.05) is 15.8 Å². The van der Waals surface area contributed by atoms with Gasteiger partial charge in [-0.15, -0.1) is 11.3 Å². The van der Waals surface area contributed by atoms with Crippen LogP contribution in [0.25, 0.3) is 10.6 Å². The molecule has 0 saturated heterocycles. The molecule has 0 radical (unpaired) electrons. The van der Waals surface area contributed by atoms with Gasteiger partial charge in [-0.05, 0) is 57.0 Å². The third kappa shape index (κ3) is 3.96. The Labute approximate surface area is 116 Å². The van der Waals surface area contributed by atoms with Crippen LogP contribution in [0.2, 0.25) is 0 Å². The van der Waals surface area contributed by atoms with Crippen molar-refractivity contribution in [3.8, 4) is 10.6 Å². The van der Waals surface area contributed by atoms with Crippen LogP contribution in [0.1, 0.15) is 25.6 Å². The van der Waals surface area contributed by atoms with E-state index in [-0.39, 0.29) is 4.75 Å². The van der Waals surface area contributed by atoms with Crippen LogP contribution >= 0.6 is 23.3 Å². The lowest BCUT2D eigenvalue weighted by Crippen LogP contribution is -2.04. The summed E-state index contributed by atoms with van der Waals surface area (Å²) in [4.78, 5) is 6.68. The Morgan fingerprint density at radius 2 is 2.06 bits per heavy atom. The van der Waals surface area contributed by atoms with Gasteiger partial charge in [0.05, 0.1) is 16.8 Å². The van der Waals surface area contributed by atoms with Crippen LogP contribution in [-0.2, 0) is 0 Å². The molecule has 2 heterocycles. The van der Waals surface area contributed by atoms with Crippen LogP contribution in [-0.4, -0.2) is 15.9 Å². The van der Waals surface area contributed by atoms with E-state index in [1.54, 1.807) is 23.3 Å². The standard InChI is InChI=1S/C14H16N2S2/c1-14(2,3)18-16-10-11-7-8-13(17-11)12-6-4-5-9-15-12/h4-10H,1-3H3/b16-10+. The lowest BCUT2D eigenvalue weighted by molar-refractivity contribution is 0.804. The van der Waals surface area contributed by atoms with Gasteiger partial charge in [0.2, 0.25) is 0 Å². The first-order valence-corrected chi connectivity index (χ1v) is 7.36. The van der Waals surface area contributed by atoms with Crippen molar-refractivity contribution >= 4 is 29.5 Å². The van der Waals surface area contributed by atoms with E-state index in [0.29, 0.717) is 0 Å². The third-order valence-corrected chi connectivity index (χ3v) is 3.85. The summed E-state index contributed by atoms with van der Waals surface area (Å²) in [6.07, 6.45) is 3.74. The Hall–Kier alpha value is -1.13. The van der Waals surface area contributed by atoms with Crippen molar-refractivity contribution < 1.29 is 0 Å². The first-order valence-electron chi connectivity index (χ1n) is 5.77. The van der Waals surface area contributed by atoms with Gasteiger partial charge in [0.1, 0.15) is 0 Å². The van der Waals surface area contributed by atoms with Crippen LogP contribution in [0.15, 0.2) is 40.9 Å². The van der Waals surface area contributed by atoms with E-state index in [0.717, 1.165) is 10.6 Å². The predicted octanol–water partition coefficient (Wildman–Crippen LogP) is 4.68. The summed E-state index contributed by atoms with van der Waals surface area (Å²) in [5, 5.41) is 0. The van der Waals surface area contributed by atoms with Gasteiger partial charge in [-0.3, -0.25) is 4.98 Å². The molecule has 2 nitrogen and oxygen atoms in total. The summed E-state index contributed by atoms with van der Waals surface area (Å²) >= 11 is 3.31. The first kappa shape index (κ1) is 13.3. The van der Waals surface area contributed by atoms with Gasteiger partial charge in [0.25, 0.3) is 0 Å². The topological polar surface area (TPSA) is 25.2 Å². The molecule has 0 unspecified atom stereocenters. The summed E-state index contributed by atoms with van der Waals surface area (Å²) in [6, 6.07) is 10.1. The number of pyridine rings is 1. The fourth-order valence-corrected chi connectivity index (χ4v) is 2.71. The molecule has 0 amide bonds. The van der Waals surface area contributed by atoms with Crippen molar-refractivity contribution in [3.05, 3.63) is 41.4 Å². The van der Waals surface area contributed by atoms with Crippen LogP contribution < -0.4 is 0 Å². The number of hydrogen-bond donors (Lipinski definition) is 0. The number of aromatic nitrogens is 1. The molecule has 0 aliphatic carbocycles. The van der Waals surface area contributed by atoms with Crippen molar-refractivity contribution in [3.63, 3.8) is 0 Å². The monoisotopic (exact) mass is 276 g/mol. The molecule has 2 aromatic rings. The molecule has 0 saturated carbocycles. The molecule has 0 N–H and O–H groups in total. The summed E-state index contributed by atoms with van der Waals surface area (Å²) < 4.78 is 4.57. The molecule has 4 heteroatoms. The van der Waals surface area contributed by atoms with E-state index in [9.17, 15) is 0 Å². The van der Waals surface area contributed by atoms with Gasteiger partial charge in [-0.25, -0.2) is 4.40 Å². The quantitative estimate of drug-likeness (QED) is 0.601. The van der Waals surface area contributed by atoms with Crippen LogP contribution in [0.4, 0.5) is 0 Å². The first-order chi connectivity index (χ1) is 8.54. The molecule has 0 aromatic carbocycles. The van der Waals surface area contributed by atoms with E-state index >= 15 is 0 Å². The lowest BCUT2D eigenvalue weighted by atomic mass is 10.3. The Morgan fingerprint density at radius 3 is 2.72 bits per heavy atom. The highest BCUT2D eigenvalue weighted by atomic mass is 32.2. The second-order valence-corrected chi connectivity index (χ2v) is 7.59. The minimum atomic E-state index is 0.164. The zero-order chi connectivity index (χ0) is 13.0. The fourth-order valence-electron chi connectivity index (χ4n) is 1.30. The zero-order valence-electron chi connectivity index (χ0n) is 10.8. The Morgan fingerprint density at radius 1 is 1.22 bits per heavy atom. The maximum absolute atomic E-state index is 4.40.